The van der Waals surface area contributed by atoms with E-state index in [1.165, 1.54) is 0 Å². The molecule has 1 N–H and O–H groups in total. The Morgan fingerprint density at radius 2 is 1.75 bits per heavy atom. The minimum atomic E-state index is -0.0860. The van der Waals surface area contributed by atoms with Gasteiger partial charge in [-0.05, 0) is 68.1 Å². The van der Waals surface area contributed by atoms with Gasteiger partial charge in [-0.1, -0.05) is 25.5 Å². The molecule has 0 saturated carbocycles. The number of nitrogens with one attached hydrogen (secondary N) is 1. The molecule has 0 aliphatic carbocycles. The summed E-state index contributed by atoms with van der Waals surface area (Å²) < 4.78 is 1.76. The molecule has 3 aromatic rings. The highest BCUT2D eigenvalue weighted by molar-refractivity contribution is 5.94. The fraction of sp³-hybridized carbons (Fsp3) is 0.348. The van der Waals surface area contributed by atoms with Crippen LogP contribution < -0.4 is 10.9 Å². The molecule has 5 heteroatoms. The highest BCUT2D eigenvalue weighted by Crippen LogP contribution is 2.18. The van der Waals surface area contributed by atoms with Gasteiger partial charge in [0.15, 0.2) is 0 Å². The first-order chi connectivity index (χ1) is 13.4. The van der Waals surface area contributed by atoms with Crippen molar-refractivity contribution in [2.24, 2.45) is 0 Å². The summed E-state index contributed by atoms with van der Waals surface area (Å²) in [7, 11) is 0. The van der Waals surface area contributed by atoms with Gasteiger partial charge in [-0.25, -0.2) is 4.98 Å². The van der Waals surface area contributed by atoms with Crippen LogP contribution in [0.4, 0.5) is 0 Å². The first-order valence-corrected chi connectivity index (χ1v) is 9.76. The molecule has 0 radical (unpaired) electrons. The molecule has 0 saturated heterocycles. The van der Waals surface area contributed by atoms with Crippen molar-refractivity contribution < 1.29 is 4.79 Å². The Kier molecular flexibility index (Phi) is 5.93. The summed E-state index contributed by atoms with van der Waals surface area (Å²) in [6.45, 7) is 9.06. The largest absolute Gasteiger partial charge is 0.352 e. The van der Waals surface area contributed by atoms with Gasteiger partial charge in [0, 0.05) is 12.1 Å². The lowest BCUT2D eigenvalue weighted by Crippen LogP contribution is -2.25. The zero-order valence-electron chi connectivity index (χ0n) is 17.0. The summed E-state index contributed by atoms with van der Waals surface area (Å²) >= 11 is 0. The summed E-state index contributed by atoms with van der Waals surface area (Å²) in [5, 5.41) is 2.92. The number of amides is 1. The first kappa shape index (κ1) is 19.8. The van der Waals surface area contributed by atoms with Gasteiger partial charge in [-0.15, -0.1) is 0 Å². The van der Waals surface area contributed by atoms with Gasteiger partial charge >= 0.3 is 0 Å². The molecule has 1 aromatic heterocycles. The Morgan fingerprint density at radius 1 is 1.07 bits per heavy atom. The maximum Gasteiger partial charge on any atom is 0.272 e. The van der Waals surface area contributed by atoms with Crippen molar-refractivity contribution in [1.82, 2.24) is 14.9 Å². The average Bonchev–Trinajstić information content (AvgIpc) is 2.68. The Bertz CT molecular complexity index is 1070. The number of nitrogens with zero attached hydrogens (tertiary/aromatic N) is 2. The van der Waals surface area contributed by atoms with Crippen LogP contribution in [0.2, 0.25) is 0 Å². The monoisotopic (exact) mass is 377 g/mol. The molecule has 1 heterocycles. The van der Waals surface area contributed by atoms with Crippen LogP contribution in [0.3, 0.4) is 0 Å². The van der Waals surface area contributed by atoms with Crippen LogP contribution in [-0.2, 0) is 6.54 Å². The number of aryl methyl sites for hydroxylation is 3. The number of benzene rings is 2. The van der Waals surface area contributed by atoms with Crippen molar-refractivity contribution >= 4 is 16.9 Å². The number of hydrogen-bond donors (Lipinski definition) is 1. The molecule has 0 unspecified atom stereocenters. The van der Waals surface area contributed by atoms with Crippen LogP contribution in [0.5, 0.6) is 0 Å². The Morgan fingerprint density at radius 3 is 2.43 bits per heavy atom. The number of carbonyl (C=O) groups excluding carboxylic acids is 1. The lowest BCUT2D eigenvalue weighted by atomic mass is 10.1. The molecule has 1 amide bonds. The van der Waals surface area contributed by atoms with Gasteiger partial charge < -0.3 is 9.88 Å². The van der Waals surface area contributed by atoms with Crippen molar-refractivity contribution in [1.29, 1.82) is 0 Å². The van der Waals surface area contributed by atoms with E-state index in [4.69, 9.17) is 0 Å². The number of hydrogen-bond acceptors (Lipinski definition) is 3. The summed E-state index contributed by atoms with van der Waals surface area (Å²) in [4.78, 5) is 29.4. The second-order valence-electron chi connectivity index (χ2n) is 7.32. The summed E-state index contributed by atoms with van der Waals surface area (Å²) in [6, 6.07) is 11.5. The zero-order valence-corrected chi connectivity index (χ0v) is 17.0. The quantitative estimate of drug-likeness (QED) is 0.663. The van der Waals surface area contributed by atoms with Crippen molar-refractivity contribution in [2.45, 2.75) is 47.1 Å². The van der Waals surface area contributed by atoms with Crippen LogP contribution in [0.15, 0.2) is 41.2 Å². The molecule has 2 aromatic carbocycles. The van der Waals surface area contributed by atoms with Gasteiger partial charge in [0.1, 0.15) is 5.69 Å². The highest BCUT2D eigenvalue weighted by atomic mass is 16.1. The van der Waals surface area contributed by atoms with Crippen molar-refractivity contribution in [3.63, 3.8) is 0 Å². The third-order valence-electron chi connectivity index (χ3n) is 5.10. The Hall–Kier alpha value is -2.95. The van der Waals surface area contributed by atoms with E-state index in [9.17, 15) is 9.59 Å². The van der Waals surface area contributed by atoms with Crippen LogP contribution in [0.25, 0.3) is 11.0 Å². The molecule has 0 aliphatic heterocycles. The minimum absolute atomic E-state index is 0.0616. The van der Waals surface area contributed by atoms with E-state index in [-0.39, 0.29) is 11.5 Å². The third kappa shape index (κ3) is 4.14. The second kappa shape index (κ2) is 8.38. The van der Waals surface area contributed by atoms with Gasteiger partial charge in [-0.2, -0.15) is 0 Å². The van der Waals surface area contributed by atoms with Gasteiger partial charge in [0.05, 0.1) is 17.6 Å². The van der Waals surface area contributed by atoms with E-state index in [2.05, 4.69) is 17.2 Å². The summed E-state index contributed by atoms with van der Waals surface area (Å²) in [5.41, 5.74) is 5.95. The molecule has 0 bridgehead atoms. The van der Waals surface area contributed by atoms with Crippen molar-refractivity contribution in [2.75, 3.05) is 6.54 Å². The molecule has 0 aliphatic rings. The molecule has 28 heavy (non-hydrogen) atoms. The number of rotatable bonds is 6. The van der Waals surface area contributed by atoms with E-state index in [0.717, 1.165) is 40.6 Å². The number of unbranched alkanes of at least 4 members (excludes halogenated alkanes) is 1. The molecular weight excluding hydrogens is 350 g/mol. The third-order valence-corrected chi connectivity index (χ3v) is 5.10. The molecule has 146 valence electrons. The smallest absolute Gasteiger partial charge is 0.272 e. The predicted molar refractivity (Wildman–Crippen MR) is 113 cm³/mol. The fourth-order valence-electron chi connectivity index (χ4n) is 3.21. The maximum absolute atomic E-state index is 12.7. The number of carbonyl (C=O) groups is 1. The lowest BCUT2D eigenvalue weighted by Gasteiger charge is -2.13. The predicted octanol–water partition coefficient (Wildman–Crippen LogP) is 3.90. The van der Waals surface area contributed by atoms with E-state index in [1.807, 2.05) is 50.2 Å². The van der Waals surface area contributed by atoms with Gasteiger partial charge in [-0.3, -0.25) is 9.59 Å². The number of aromatic nitrogens is 2. The maximum atomic E-state index is 12.7. The van der Waals surface area contributed by atoms with Crippen LogP contribution in [0.1, 0.15) is 52.5 Å². The fourth-order valence-corrected chi connectivity index (χ4v) is 3.21. The molecule has 5 nitrogen and oxygen atoms in total. The van der Waals surface area contributed by atoms with Crippen molar-refractivity contribution in [3.05, 3.63) is 74.7 Å². The van der Waals surface area contributed by atoms with E-state index in [0.29, 0.717) is 24.3 Å². The molecule has 3 rings (SSSR count). The highest BCUT2D eigenvalue weighted by Gasteiger charge is 2.11. The normalized spacial score (nSPS) is 11.0. The van der Waals surface area contributed by atoms with Crippen LogP contribution >= 0.6 is 0 Å². The molecular formula is C23H27N3O2. The standard InChI is InChI=1S/C23H27N3O2/c1-5-6-11-24-22(27)19-9-7-18(8-10-19)14-26-21-13-16(3)15(2)12-20(21)25-17(4)23(26)28/h7-10,12-13H,5-6,11,14H2,1-4H3,(H,24,27). The topological polar surface area (TPSA) is 64.0 Å². The minimum Gasteiger partial charge on any atom is -0.352 e. The van der Waals surface area contributed by atoms with Crippen molar-refractivity contribution in [3.8, 4) is 0 Å². The average molecular weight is 377 g/mol. The second-order valence-corrected chi connectivity index (χ2v) is 7.32. The Balaban J connectivity index is 1.90. The number of fused-ring (bicyclic) bond motifs is 1. The summed E-state index contributed by atoms with van der Waals surface area (Å²) in [5.74, 6) is -0.0616. The van der Waals surface area contributed by atoms with Crippen LogP contribution in [-0.4, -0.2) is 22.0 Å². The van der Waals surface area contributed by atoms with Gasteiger partial charge in [0.2, 0.25) is 0 Å². The summed E-state index contributed by atoms with van der Waals surface area (Å²) in [6.07, 6.45) is 2.02. The zero-order chi connectivity index (χ0) is 20.3. The van der Waals surface area contributed by atoms with Crippen LogP contribution in [0, 0.1) is 20.8 Å². The SMILES string of the molecule is CCCCNC(=O)c1ccc(Cn2c(=O)c(C)nc3cc(C)c(C)cc32)cc1. The van der Waals surface area contributed by atoms with E-state index < -0.39 is 0 Å². The molecule has 0 fully saturated rings. The van der Waals surface area contributed by atoms with E-state index >= 15 is 0 Å². The van der Waals surface area contributed by atoms with E-state index in [1.54, 1.807) is 11.5 Å². The molecule has 0 spiro atoms. The molecule has 0 atom stereocenters. The van der Waals surface area contributed by atoms with Gasteiger partial charge in [0.25, 0.3) is 11.5 Å². The Labute approximate surface area is 165 Å². The first-order valence-electron chi connectivity index (χ1n) is 9.76. The lowest BCUT2D eigenvalue weighted by molar-refractivity contribution is 0.0953.